The summed E-state index contributed by atoms with van der Waals surface area (Å²) in [6, 6.07) is 2.60. The van der Waals surface area contributed by atoms with Crippen molar-refractivity contribution >= 4 is 46.3 Å². The molecule has 2 aromatic heterocycles. The molecule has 2 saturated carbocycles. The van der Waals surface area contributed by atoms with E-state index in [9.17, 15) is 18.7 Å². The van der Waals surface area contributed by atoms with Gasteiger partial charge >= 0.3 is 0 Å². The number of imidazole rings is 1. The lowest BCUT2D eigenvalue weighted by molar-refractivity contribution is -0.122. The van der Waals surface area contributed by atoms with Crippen molar-refractivity contribution in [2.24, 2.45) is 11.7 Å². The van der Waals surface area contributed by atoms with Gasteiger partial charge in [-0.15, -0.1) is 0 Å². The van der Waals surface area contributed by atoms with Gasteiger partial charge in [0, 0.05) is 18.0 Å². The second-order valence-corrected chi connectivity index (χ2v) is 9.34. The maximum Gasteiger partial charge on any atom is 0.224 e. The average molecular weight is 492 g/mol. The van der Waals surface area contributed by atoms with Gasteiger partial charge in [0.15, 0.2) is 17.3 Å². The summed E-state index contributed by atoms with van der Waals surface area (Å²) < 4.78 is 30.4. The maximum absolute atomic E-state index is 14.5. The molecule has 5 rings (SSSR count). The number of primary amides is 1. The zero-order valence-electron chi connectivity index (χ0n) is 18.1. The minimum Gasteiger partial charge on any atom is -0.393 e. The van der Waals surface area contributed by atoms with Gasteiger partial charge in [0.25, 0.3) is 0 Å². The third kappa shape index (κ3) is 4.25. The van der Waals surface area contributed by atoms with Crippen molar-refractivity contribution in [1.29, 1.82) is 0 Å². The van der Waals surface area contributed by atoms with Gasteiger partial charge in [-0.2, -0.15) is 4.98 Å². The number of aliphatic hydroxyl groups excluding tert-OH is 1. The van der Waals surface area contributed by atoms with E-state index in [2.05, 4.69) is 25.6 Å². The number of aliphatic hydroxyl groups is 1. The molecule has 0 saturated heterocycles. The Morgan fingerprint density at radius 1 is 1.15 bits per heavy atom. The van der Waals surface area contributed by atoms with E-state index in [-0.39, 0.29) is 46.7 Å². The molecule has 3 aromatic rings. The van der Waals surface area contributed by atoms with Gasteiger partial charge in [-0.25, -0.2) is 18.7 Å². The molecule has 0 atom stereocenters. The van der Waals surface area contributed by atoms with Crippen LogP contribution in [0.2, 0.25) is 5.02 Å². The molecular weight excluding hydrogens is 468 g/mol. The van der Waals surface area contributed by atoms with E-state index in [0.29, 0.717) is 55.6 Å². The van der Waals surface area contributed by atoms with E-state index in [1.165, 1.54) is 12.1 Å². The Morgan fingerprint density at radius 3 is 2.56 bits per heavy atom. The number of nitrogens with zero attached hydrogens (tertiary/aromatic N) is 4. The summed E-state index contributed by atoms with van der Waals surface area (Å²) in [5.41, 5.74) is 6.38. The lowest BCUT2D eigenvalue weighted by Crippen LogP contribution is -2.39. The Kier molecular flexibility index (Phi) is 5.98. The van der Waals surface area contributed by atoms with Crippen molar-refractivity contribution < 1.29 is 18.7 Å². The average Bonchev–Trinajstić information content (AvgIpc) is 3.15. The number of nitrogens with one attached hydrogen (secondary N) is 2. The number of nitrogens with two attached hydrogens (primary N) is 1. The monoisotopic (exact) mass is 491 g/mol. The number of hydrogen-bond donors (Lipinski definition) is 4. The van der Waals surface area contributed by atoms with Crippen LogP contribution in [0.15, 0.2) is 18.3 Å². The topological polar surface area (TPSA) is 131 Å². The van der Waals surface area contributed by atoms with Gasteiger partial charge < -0.3 is 21.5 Å². The van der Waals surface area contributed by atoms with Crippen molar-refractivity contribution in [3.8, 4) is 0 Å². The van der Waals surface area contributed by atoms with E-state index in [0.717, 1.165) is 0 Å². The first-order chi connectivity index (χ1) is 16.3. The minimum absolute atomic E-state index is 0.0820. The highest BCUT2D eigenvalue weighted by Gasteiger charge is 2.31. The van der Waals surface area contributed by atoms with Gasteiger partial charge in [-0.1, -0.05) is 11.6 Å². The number of aromatic nitrogens is 4. The van der Waals surface area contributed by atoms with Crippen LogP contribution in [-0.2, 0) is 4.79 Å². The first-order valence-electron chi connectivity index (χ1n) is 11.2. The number of carbonyl (C=O) groups excluding carboxylic acids is 1. The van der Waals surface area contributed by atoms with Crippen molar-refractivity contribution in [2.75, 3.05) is 10.6 Å². The van der Waals surface area contributed by atoms with Crippen molar-refractivity contribution in [3.63, 3.8) is 0 Å². The summed E-state index contributed by atoms with van der Waals surface area (Å²) in [7, 11) is 0. The number of fused-ring (bicyclic) bond motifs is 1. The van der Waals surface area contributed by atoms with Crippen LogP contribution in [-0.4, -0.2) is 42.7 Å². The number of benzene rings is 1. The van der Waals surface area contributed by atoms with Crippen LogP contribution in [0.3, 0.4) is 0 Å². The first kappa shape index (κ1) is 22.7. The third-order valence-corrected chi connectivity index (χ3v) is 6.92. The summed E-state index contributed by atoms with van der Waals surface area (Å²) in [6.07, 6.45) is 4.99. The normalized spacial score (nSPS) is 24.6. The Morgan fingerprint density at radius 2 is 1.88 bits per heavy atom. The predicted molar refractivity (Wildman–Crippen MR) is 123 cm³/mol. The fourth-order valence-corrected chi connectivity index (χ4v) is 4.79. The van der Waals surface area contributed by atoms with Gasteiger partial charge in [0.2, 0.25) is 17.8 Å². The summed E-state index contributed by atoms with van der Waals surface area (Å²) in [4.78, 5) is 25.1. The Balaban J connectivity index is 1.52. The lowest BCUT2D eigenvalue weighted by atomic mass is 9.85. The van der Waals surface area contributed by atoms with Crippen molar-refractivity contribution in [2.45, 2.75) is 56.7 Å². The van der Waals surface area contributed by atoms with Crippen molar-refractivity contribution in [1.82, 2.24) is 19.5 Å². The molecule has 1 aromatic carbocycles. The number of anilines is 3. The van der Waals surface area contributed by atoms with Gasteiger partial charge in [0.05, 0.1) is 23.0 Å². The molecule has 0 radical (unpaired) electrons. The largest absolute Gasteiger partial charge is 0.393 e. The van der Waals surface area contributed by atoms with Gasteiger partial charge in [-0.05, 0) is 50.7 Å². The van der Waals surface area contributed by atoms with Crippen LogP contribution in [0, 0.1) is 17.6 Å². The first-order valence-corrected chi connectivity index (χ1v) is 11.6. The summed E-state index contributed by atoms with van der Waals surface area (Å²) in [5.74, 6) is -2.09. The Hall–Kier alpha value is -3.05. The SMILES string of the molecule is NC(=O)[C@H]1CC[C@@H](n2c(Nc3ccc(Cl)c(F)c3F)nc3cnc(N[C@H]4C[C@H](O)C4)nc32)CC1. The number of halogens is 3. The lowest BCUT2D eigenvalue weighted by Gasteiger charge is -2.32. The predicted octanol–water partition coefficient (Wildman–Crippen LogP) is 3.65. The van der Waals surface area contributed by atoms with E-state index in [4.69, 9.17) is 17.3 Å². The quantitative estimate of drug-likeness (QED) is 0.387. The summed E-state index contributed by atoms with van der Waals surface area (Å²) >= 11 is 5.69. The molecule has 2 aliphatic carbocycles. The summed E-state index contributed by atoms with van der Waals surface area (Å²) in [5, 5.41) is 15.3. The number of hydrogen-bond acceptors (Lipinski definition) is 7. The van der Waals surface area contributed by atoms with E-state index in [1.807, 2.05) is 4.57 Å². The van der Waals surface area contributed by atoms with E-state index in [1.54, 1.807) is 6.20 Å². The van der Waals surface area contributed by atoms with Crippen LogP contribution in [0.1, 0.15) is 44.6 Å². The number of rotatable bonds is 6. The highest BCUT2D eigenvalue weighted by molar-refractivity contribution is 6.30. The smallest absolute Gasteiger partial charge is 0.224 e. The molecule has 2 heterocycles. The molecule has 0 bridgehead atoms. The molecule has 34 heavy (non-hydrogen) atoms. The van der Waals surface area contributed by atoms with E-state index < -0.39 is 11.6 Å². The molecular formula is C22H24ClF2N7O2. The fraction of sp³-hybridized carbons (Fsp3) is 0.455. The maximum atomic E-state index is 14.5. The molecule has 5 N–H and O–H groups in total. The molecule has 12 heteroatoms. The number of amides is 1. The second kappa shape index (κ2) is 8.95. The van der Waals surface area contributed by atoms with Gasteiger partial charge in [-0.3, -0.25) is 9.36 Å². The van der Waals surface area contributed by atoms with Gasteiger partial charge in [0.1, 0.15) is 5.52 Å². The molecule has 0 unspecified atom stereocenters. The molecule has 1 amide bonds. The summed E-state index contributed by atoms with van der Waals surface area (Å²) in [6.45, 7) is 0. The van der Waals surface area contributed by atoms with Crippen LogP contribution < -0.4 is 16.4 Å². The Bertz CT molecular complexity index is 1240. The standard InChI is InChI=1S/C22H24ClF2N7O2/c23-14-5-6-15(18(25)17(14)24)29-22-30-16-9-27-21(28-11-7-13(33)8-11)31-20(16)32(22)12-3-1-10(2-4-12)19(26)34/h5-6,9-13,33H,1-4,7-8H2,(H2,26,34)(H,29,30)(H,27,28,31)/t10-,11-,12+,13-. The highest BCUT2D eigenvalue weighted by atomic mass is 35.5. The number of carbonyl (C=O) groups is 1. The van der Waals surface area contributed by atoms with E-state index >= 15 is 0 Å². The Labute approximate surface area is 198 Å². The second-order valence-electron chi connectivity index (χ2n) is 8.93. The zero-order chi connectivity index (χ0) is 24.0. The molecule has 2 aliphatic rings. The zero-order valence-corrected chi connectivity index (χ0v) is 18.9. The van der Waals surface area contributed by atoms with Crippen LogP contribution >= 0.6 is 11.6 Å². The van der Waals surface area contributed by atoms with Crippen LogP contribution in [0.25, 0.3) is 11.2 Å². The fourth-order valence-electron chi connectivity index (χ4n) is 4.64. The highest BCUT2D eigenvalue weighted by Crippen LogP contribution is 2.37. The molecule has 2 fully saturated rings. The molecule has 180 valence electrons. The third-order valence-electron chi connectivity index (χ3n) is 6.63. The van der Waals surface area contributed by atoms with Crippen LogP contribution in [0.5, 0.6) is 0 Å². The molecule has 9 nitrogen and oxygen atoms in total. The molecule has 0 spiro atoms. The van der Waals surface area contributed by atoms with Crippen molar-refractivity contribution in [3.05, 3.63) is 35.0 Å². The van der Waals surface area contributed by atoms with Crippen LogP contribution in [0.4, 0.5) is 26.4 Å². The molecule has 0 aliphatic heterocycles. The minimum atomic E-state index is -1.15.